The fourth-order valence-electron chi connectivity index (χ4n) is 2.91. The number of ether oxygens (including phenoxy) is 2. The summed E-state index contributed by atoms with van der Waals surface area (Å²) in [5.41, 5.74) is 0.535. The van der Waals surface area contributed by atoms with Crippen LogP contribution in [-0.4, -0.2) is 47.1 Å². The molecule has 1 aliphatic rings. The lowest BCUT2D eigenvalue weighted by molar-refractivity contribution is 0.0654. The fraction of sp³-hybridized carbons (Fsp3) is 0.421. The number of nitrogens with zero attached hydrogens (tertiary/aromatic N) is 3. The summed E-state index contributed by atoms with van der Waals surface area (Å²) in [4.78, 5) is 22.9. The van der Waals surface area contributed by atoms with Gasteiger partial charge in [0.25, 0.3) is 5.91 Å². The van der Waals surface area contributed by atoms with Gasteiger partial charge in [-0.1, -0.05) is 6.07 Å². The van der Waals surface area contributed by atoms with Crippen LogP contribution in [0.1, 0.15) is 30.1 Å². The van der Waals surface area contributed by atoms with Crippen molar-refractivity contribution in [3.8, 4) is 11.8 Å². The highest BCUT2D eigenvalue weighted by Crippen LogP contribution is 2.23. The standard InChI is InChI=1S/C19H23N3O3/c1-2-24-18-16(6-5-11-21-18)19(23)22-12-8-15(9-13-22)14-25-17-7-3-4-10-20-17/h3-7,10-11,15H,2,8-9,12-14H2,1H3. The number of carbonyl (C=O) groups excluding carboxylic acids is 1. The van der Waals surface area contributed by atoms with Crippen molar-refractivity contribution >= 4 is 5.91 Å². The molecule has 0 N–H and O–H groups in total. The van der Waals surface area contributed by atoms with Crippen molar-refractivity contribution in [3.63, 3.8) is 0 Å². The molecule has 0 atom stereocenters. The molecule has 0 bridgehead atoms. The van der Waals surface area contributed by atoms with Crippen molar-refractivity contribution in [1.29, 1.82) is 0 Å². The normalized spacial score (nSPS) is 15.0. The van der Waals surface area contributed by atoms with Crippen molar-refractivity contribution in [2.24, 2.45) is 5.92 Å². The zero-order valence-corrected chi connectivity index (χ0v) is 14.4. The highest BCUT2D eigenvalue weighted by Gasteiger charge is 2.26. The van der Waals surface area contributed by atoms with Gasteiger partial charge >= 0.3 is 0 Å². The van der Waals surface area contributed by atoms with E-state index >= 15 is 0 Å². The second-order valence-electron chi connectivity index (χ2n) is 6.00. The molecule has 1 amide bonds. The first-order valence-electron chi connectivity index (χ1n) is 8.69. The number of piperidine rings is 1. The number of aromatic nitrogens is 2. The number of hydrogen-bond acceptors (Lipinski definition) is 5. The van der Waals surface area contributed by atoms with Gasteiger partial charge in [-0.2, -0.15) is 0 Å². The zero-order valence-electron chi connectivity index (χ0n) is 14.4. The smallest absolute Gasteiger partial charge is 0.259 e. The van der Waals surface area contributed by atoms with Crippen LogP contribution >= 0.6 is 0 Å². The summed E-state index contributed by atoms with van der Waals surface area (Å²) >= 11 is 0. The summed E-state index contributed by atoms with van der Waals surface area (Å²) in [6.45, 7) is 4.45. The minimum absolute atomic E-state index is 0.0133. The highest BCUT2D eigenvalue weighted by molar-refractivity contribution is 5.96. The molecule has 0 radical (unpaired) electrons. The molecule has 3 heterocycles. The minimum Gasteiger partial charge on any atom is -0.477 e. The maximum atomic E-state index is 12.7. The van der Waals surface area contributed by atoms with Gasteiger partial charge in [-0.3, -0.25) is 4.79 Å². The molecule has 0 spiro atoms. The van der Waals surface area contributed by atoms with Crippen LogP contribution in [0.2, 0.25) is 0 Å². The van der Waals surface area contributed by atoms with Gasteiger partial charge in [0.1, 0.15) is 5.56 Å². The summed E-state index contributed by atoms with van der Waals surface area (Å²) in [6, 6.07) is 9.18. The molecule has 1 fully saturated rings. The lowest BCUT2D eigenvalue weighted by Crippen LogP contribution is -2.40. The predicted octanol–water partition coefficient (Wildman–Crippen LogP) is 2.81. The Bertz CT molecular complexity index is 685. The minimum atomic E-state index is -0.0133. The maximum absolute atomic E-state index is 12.7. The second-order valence-corrected chi connectivity index (χ2v) is 6.00. The third-order valence-corrected chi connectivity index (χ3v) is 4.29. The van der Waals surface area contributed by atoms with E-state index in [-0.39, 0.29) is 5.91 Å². The molecule has 0 aliphatic carbocycles. The van der Waals surface area contributed by atoms with Gasteiger partial charge < -0.3 is 14.4 Å². The summed E-state index contributed by atoms with van der Waals surface area (Å²) in [5.74, 6) is 1.49. The van der Waals surface area contributed by atoms with Crippen molar-refractivity contribution in [1.82, 2.24) is 14.9 Å². The van der Waals surface area contributed by atoms with E-state index in [0.29, 0.717) is 36.5 Å². The first-order valence-corrected chi connectivity index (χ1v) is 8.69. The van der Waals surface area contributed by atoms with Crippen LogP contribution in [0.25, 0.3) is 0 Å². The molecule has 3 rings (SSSR count). The van der Waals surface area contributed by atoms with Crippen LogP contribution in [-0.2, 0) is 0 Å². The average molecular weight is 341 g/mol. The van der Waals surface area contributed by atoms with E-state index in [1.165, 1.54) is 0 Å². The highest BCUT2D eigenvalue weighted by atomic mass is 16.5. The van der Waals surface area contributed by atoms with Crippen LogP contribution in [0.15, 0.2) is 42.7 Å². The number of amides is 1. The molecule has 6 heteroatoms. The fourth-order valence-corrected chi connectivity index (χ4v) is 2.91. The van der Waals surface area contributed by atoms with E-state index in [0.717, 1.165) is 25.9 Å². The Morgan fingerprint density at radius 2 is 1.92 bits per heavy atom. The molecule has 6 nitrogen and oxygen atoms in total. The molecule has 0 saturated carbocycles. The van der Waals surface area contributed by atoms with Gasteiger partial charge in [0, 0.05) is 31.5 Å². The zero-order chi connectivity index (χ0) is 17.5. The number of likely N-dealkylation sites (tertiary alicyclic amines) is 1. The molecule has 0 unspecified atom stereocenters. The summed E-state index contributed by atoms with van der Waals surface area (Å²) in [5, 5.41) is 0. The molecular weight excluding hydrogens is 318 g/mol. The first kappa shape index (κ1) is 17.2. The topological polar surface area (TPSA) is 64.5 Å². The van der Waals surface area contributed by atoms with E-state index in [4.69, 9.17) is 9.47 Å². The van der Waals surface area contributed by atoms with Crippen LogP contribution in [0.3, 0.4) is 0 Å². The largest absolute Gasteiger partial charge is 0.477 e. The molecule has 2 aromatic rings. The Labute approximate surface area is 147 Å². The molecule has 0 aromatic carbocycles. The van der Waals surface area contributed by atoms with Crippen LogP contribution in [0.5, 0.6) is 11.8 Å². The number of rotatable bonds is 6. The molecule has 132 valence electrons. The Kier molecular flexibility index (Phi) is 5.82. The summed E-state index contributed by atoms with van der Waals surface area (Å²) < 4.78 is 11.2. The van der Waals surface area contributed by atoms with E-state index < -0.39 is 0 Å². The van der Waals surface area contributed by atoms with Gasteiger partial charge in [-0.05, 0) is 43.9 Å². The van der Waals surface area contributed by atoms with Crippen LogP contribution in [0.4, 0.5) is 0 Å². The molecule has 2 aromatic heterocycles. The quantitative estimate of drug-likeness (QED) is 0.808. The third kappa shape index (κ3) is 4.47. The summed E-state index contributed by atoms with van der Waals surface area (Å²) in [7, 11) is 0. The van der Waals surface area contributed by atoms with Crippen molar-refractivity contribution < 1.29 is 14.3 Å². The van der Waals surface area contributed by atoms with Gasteiger partial charge in [0.2, 0.25) is 11.8 Å². The lowest BCUT2D eigenvalue weighted by Gasteiger charge is -2.32. The second kappa shape index (κ2) is 8.46. The molecule has 1 saturated heterocycles. The van der Waals surface area contributed by atoms with Crippen molar-refractivity contribution in [2.45, 2.75) is 19.8 Å². The van der Waals surface area contributed by atoms with Gasteiger partial charge in [0.05, 0.1) is 13.2 Å². The maximum Gasteiger partial charge on any atom is 0.259 e. The van der Waals surface area contributed by atoms with Crippen LogP contribution < -0.4 is 9.47 Å². The number of carbonyl (C=O) groups is 1. The van der Waals surface area contributed by atoms with E-state index in [1.807, 2.05) is 30.0 Å². The van der Waals surface area contributed by atoms with Crippen molar-refractivity contribution in [2.75, 3.05) is 26.3 Å². The Hall–Kier alpha value is -2.63. The molecule has 25 heavy (non-hydrogen) atoms. The van der Waals surface area contributed by atoms with Crippen molar-refractivity contribution in [3.05, 3.63) is 48.3 Å². The Morgan fingerprint density at radius 1 is 1.12 bits per heavy atom. The van der Waals surface area contributed by atoms with Gasteiger partial charge in [-0.25, -0.2) is 9.97 Å². The number of pyridine rings is 2. The summed E-state index contributed by atoms with van der Waals surface area (Å²) in [6.07, 6.45) is 5.20. The predicted molar refractivity (Wildman–Crippen MR) is 93.8 cm³/mol. The Morgan fingerprint density at radius 3 is 2.64 bits per heavy atom. The van der Waals surface area contributed by atoms with E-state index in [1.54, 1.807) is 24.5 Å². The molecule has 1 aliphatic heterocycles. The molecular formula is C19H23N3O3. The third-order valence-electron chi connectivity index (χ3n) is 4.29. The first-order chi connectivity index (χ1) is 12.3. The SMILES string of the molecule is CCOc1ncccc1C(=O)N1CCC(COc2ccccn2)CC1. The Balaban J connectivity index is 1.53. The average Bonchev–Trinajstić information content (AvgIpc) is 2.68. The van der Waals surface area contributed by atoms with E-state index in [9.17, 15) is 4.79 Å². The lowest BCUT2D eigenvalue weighted by atomic mass is 9.97. The monoisotopic (exact) mass is 341 g/mol. The van der Waals surface area contributed by atoms with Gasteiger partial charge in [-0.15, -0.1) is 0 Å². The van der Waals surface area contributed by atoms with E-state index in [2.05, 4.69) is 9.97 Å². The van der Waals surface area contributed by atoms with Crippen LogP contribution in [0, 0.1) is 5.92 Å². The number of hydrogen-bond donors (Lipinski definition) is 0. The van der Waals surface area contributed by atoms with Gasteiger partial charge in [0.15, 0.2) is 0 Å².